The highest BCUT2D eigenvalue weighted by Gasteiger charge is 2.28. The molecular formula is C17H26F2N2. The van der Waals surface area contributed by atoms with E-state index in [9.17, 15) is 8.78 Å². The predicted octanol–water partition coefficient (Wildman–Crippen LogP) is 3.56. The van der Waals surface area contributed by atoms with Crippen LogP contribution in [0.15, 0.2) is 18.2 Å². The molecule has 2 nitrogen and oxygen atoms in total. The molecule has 0 aliphatic carbocycles. The largest absolute Gasteiger partial charge is 0.311 e. The lowest BCUT2D eigenvalue weighted by molar-refractivity contribution is 0.0995. The van der Waals surface area contributed by atoms with Crippen molar-refractivity contribution in [3.05, 3.63) is 35.4 Å². The van der Waals surface area contributed by atoms with Crippen LogP contribution in [0, 0.1) is 17.6 Å². The number of halogens is 2. The van der Waals surface area contributed by atoms with Crippen LogP contribution in [0.1, 0.15) is 39.2 Å². The SMILES string of the molecule is CCCC1CNC(C(C)C)CN1Cc1cc(F)cc(F)c1. The summed E-state index contributed by atoms with van der Waals surface area (Å²) in [6.07, 6.45) is 2.22. The molecule has 21 heavy (non-hydrogen) atoms. The number of hydrogen-bond acceptors (Lipinski definition) is 2. The number of rotatable bonds is 5. The van der Waals surface area contributed by atoms with Crippen molar-refractivity contribution >= 4 is 0 Å². The first kappa shape index (κ1) is 16.4. The van der Waals surface area contributed by atoms with Crippen molar-refractivity contribution in [1.29, 1.82) is 0 Å². The zero-order chi connectivity index (χ0) is 15.4. The molecular weight excluding hydrogens is 270 g/mol. The molecule has 2 rings (SSSR count). The van der Waals surface area contributed by atoms with Crippen molar-refractivity contribution in [2.45, 2.75) is 52.2 Å². The molecule has 1 aliphatic heterocycles. The van der Waals surface area contributed by atoms with Gasteiger partial charge in [-0.25, -0.2) is 8.78 Å². The van der Waals surface area contributed by atoms with Crippen LogP contribution in [-0.2, 0) is 6.54 Å². The molecule has 0 bridgehead atoms. The Labute approximate surface area is 126 Å². The Morgan fingerprint density at radius 3 is 2.48 bits per heavy atom. The molecule has 0 aromatic heterocycles. The summed E-state index contributed by atoms with van der Waals surface area (Å²) in [5.41, 5.74) is 0.720. The maximum absolute atomic E-state index is 13.4. The topological polar surface area (TPSA) is 15.3 Å². The van der Waals surface area contributed by atoms with E-state index in [4.69, 9.17) is 0 Å². The minimum atomic E-state index is -0.493. The highest BCUT2D eigenvalue weighted by Crippen LogP contribution is 2.20. The third kappa shape index (κ3) is 4.48. The van der Waals surface area contributed by atoms with Crippen LogP contribution in [-0.4, -0.2) is 30.1 Å². The molecule has 0 amide bonds. The Morgan fingerprint density at radius 2 is 1.90 bits per heavy atom. The Morgan fingerprint density at radius 1 is 1.24 bits per heavy atom. The highest BCUT2D eigenvalue weighted by atomic mass is 19.1. The zero-order valence-electron chi connectivity index (χ0n) is 13.2. The van der Waals surface area contributed by atoms with E-state index in [-0.39, 0.29) is 0 Å². The molecule has 1 heterocycles. The Bertz CT molecular complexity index is 442. The van der Waals surface area contributed by atoms with Crippen LogP contribution in [0.5, 0.6) is 0 Å². The van der Waals surface area contributed by atoms with Crippen molar-refractivity contribution < 1.29 is 8.78 Å². The van der Waals surface area contributed by atoms with Gasteiger partial charge in [-0.3, -0.25) is 4.90 Å². The number of nitrogens with one attached hydrogen (secondary N) is 1. The first-order valence-electron chi connectivity index (χ1n) is 7.92. The fraction of sp³-hybridized carbons (Fsp3) is 0.647. The van der Waals surface area contributed by atoms with Gasteiger partial charge in [-0.1, -0.05) is 27.2 Å². The zero-order valence-corrected chi connectivity index (χ0v) is 13.2. The summed E-state index contributed by atoms with van der Waals surface area (Å²) in [5.74, 6) is -0.431. The van der Waals surface area contributed by atoms with Gasteiger partial charge in [-0.2, -0.15) is 0 Å². The molecule has 1 saturated heterocycles. The average Bonchev–Trinajstić information content (AvgIpc) is 2.39. The number of nitrogens with zero attached hydrogens (tertiary/aromatic N) is 1. The normalized spacial score (nSPS) is 23.7. The number of benzene rings is 1. The summed E-state index contributed by atoms with van der Waals surface area (Å²) in [6, 6.07) is 4.70. The van der Waals surface area contributed by atoms with Gasteiger partial charge in [0.2, 0.25) is 0 Å². The summed E-state index contributed by atoms with van der Waals surface area (Å²) in [5, 5.41) is 3.60. The third-order valence-electron chi connectivity index (χ3n) is 4.30. The molecule has 118 valence electrons. The van der Waals surface area contributed by atoms with Crippen molar-refractivity contribution in [3.63, 3.8) is 0 Å². The van der Waals surface area contributed by atoms with Gasteiger partial charge in [0.05, 0.1) is 0 Å². The molecule has 4 heteroatoms. The maximum atomic E-state index is 13.4. The predicted molar refractivity (Wildman–Crippen MR) is 82.1 cm³/mol. The fourth-order valence-electron chi connectivity index (χ4n) is 3.08. The highest BCUT2D eigenvalue weighted by molar-refractivity contribution is 5.18. The number of hydrogen-bond donors (Lipinski definition) is 1. The van der Waals surface area contributed by atoms with E-state index in [1.165, 1.54) is 12.1 Å². The van der Waals surface area contributed by atoms with E-state index in [2.05, 4.69) is 31.0 Å². The monoisotopic (exact) mass is 296 g/mol. The molecule has 1 aliphatic rings. The quantitative estimate of drug-likeness (QED) is 0.893. The average molecular weight is 296 g/mol. The maximum Gasteiger partial charge on any atom is 0.126 e. The van der Waals surface area contributed by atoms with Gasteiger partial charge in [0.15, 0.2) is 0 Å². The minimum absolute atomic E-state index is 0.441. The van der Waals surface area contributed by atoms with Crippen molar-refractivity contribution in [2.75, 3.05) is 13.1 Å². The van der Waals surface area contributed by atoms with E-state index in [0.29, 0.717) is 24.5 Å². The van der Waals surface area contributed by atoms with E-state index < -0.39 is 11.6 Å². The summed E-state index contributed by atoms with van der Waals surface area (Å²) in [6.45, 7) is 9.09. The summed E-state index contributed by atoms with van der Waals surface area (Å²) < 4.78 is 26.7. The van der Waals surface area contributed by atoms with Crippen LogP contribution >= 0.6 is 0 Å². The molecule has 1 fully saturated rings. The van der Waals surface area contributed by atoms with Crippen LogP contribution < -0.4 is 5.32 Å². The van der Waals surface area contributed by atoms with E-state index in [1.54, 1.807) is 0 Å². The van der Waals surface area contributed by atoms with Crippen LogP contribution in [0.25, 0.3) is 0 Å². The van der Waals surface area contributed by atoms with Crippen LogP contribution in [0.2, 0.25) is 0 Å². The molecule has 1 aromatic carbocycles. The van der Waals surface area contributed by atoms with Gasteiger partial charge >= 0.3 is 0 Å². The van der Waals surface area contributed by atoms with Gasteiger partial charge in [0.1, 0.15) is 11.6 Å². The molecule has 0 saturated carbocycles. The number of piperazine rings is 1. The van der Waals surface area contributed by atoms with Crippen LogP contribution in [0.3, 0.4) is 0 Å². The lowest BCUT2D eigenvalue weighted by Gasteiger charge is -2.42. The minimum Gasteiger partial charge on any atom is -0.311 e. The smallest absolute Gasteiger partial charge is 0.126 e. The molecule has 1 aromatic rings. The molecule has 1 N–H and O–H groups in total. The van der Waals surface area contributed by atoms with Gasteiger partial charge in [-0.05, 0) is 30.0 Å². The molecule has 2 unspecified atom stereocenters. The van der Waals surface area contributed by atoms with Gasteiger partial charge in [0.25, 0.3) is 0 Å². The molecule has 2 atom stereocenters. The van der Waals surface area contributed by atoms with E-state index >= 15 is 0 Å². The Kier molecular flexibility index (Phi) is 5.71. The third-order valence-corrected chi connectivity index (χ3v) is 4.30. The summed E-state index contributed by atoms with van der Waals surface area (Å²) in [7, 11) is 0. The van der Waals surface area contributed by atoms with E-state index in [0.717, 1.165) is 37.6 Å². The van der Waals surface area contributed by atoms with Crippen molar-refractivity contribution in [1.82, 2.24) is 10.2 Å². The lowest BCUT2D eigenvalue weighted by atomic mass is 9.97. The second-order valence-electron chi connectivity index (χ2n) is 6.41. The Hall–Kier alpha value is -1.00. The van der Waals surface area contributed by atoms with Gasteiger partial charge in [0, 0.05) is 37.8 Å². The fourth-order valence-corrected chi connectivity index (χ4v) is 3.08. The Balaban J connectivity index is 2.11. The summed E-state index contributed by atoms with van der Waals surface area (Å²) >= 11 is 0. The van der Waals surface area contributed by atoms with Crippen LogP contribution in [0.4, 0.5) is 8.78 Å². The first-order chi connectivity index (χ1) is 9.99. The molecule has 0 spiro atoms. The lowest BCUT2D eigenvalue weighted by Crippen LogP contribution is -2.57. The first-order valence-corrected chi connectivity index (χ1v) is 7.92. The summed E-state index contributed by atoms with van der Waals surface area (Å²) in [4.78, 5) is 2.37. The van der Waals surface area contributed by atoms with Crippen molar-refractivity contribution in [3.8, 4) is 0 Å². The molecule has 0 radical (unpaired) electrons. The standard InChI is InChI=1S/C17H26F2N2/c1-4-5-16-9-20-17(12(2)3)11-21(16)10-13-6-14(18)8-15(19)7-13/h6-8,12,16-17,20H,4-5,9-11H2,1-3H3. The van der Waals surface area contributed by atoms with E-state index in [1.807, 2.05) is 0 Å². The van der Waals surface area contributed by atoms with Gasteiger partial charge in [-0.15, -0.1) is 0 Å². The second-order valence-corrected chi connectivity index (χ2v) is 6.41. The second kappa shape index (κ2) is 7.32. The van der Waals surface area contributed by atoms with Gasteiger partial charge < -0.3 is 5.32 Å². The van der Waals surface area contributed by atoms with Crippen molar-refractivity contribution in [2.24, 2.45) is 5.92 Å².